The Labute approximate surface area is 126 Å². The third-order valence-electron chi connectivity index (χ3n) is 3.01. The van der Waals surface area contributed by atoms with Crippen LogP contribution in [0.1, 0.15) is 6.42 Å². The van der Waals surface area contributed by atoms with Crippen LogP contribution in [0.3, 0.4) is 0 Å². The van der Waals surface area contributed by atoms with Crippen molar-refractivity contribution in [2.45, 2.75) is 11.3 Å². The van der Waals surface area contributed by atoms with Crippen molar-refractivity contribution >= 4 is 39.1 Å². The van der Waals surface area contributed by atoms with Gasteiger partial charge in [-0.15, -0.1) is 0 Å². The zero-order valence-corrected chi connectivity index (χ0v) is 12.8. The summed E-state index contributed by atoms with van der Waals surface area (Å²) in [5.74, 6) is 2.29. The van der Waals surface area contributed by atoms with Crippen molar-refractivity contribution in [2.75, 3.05) is 18.1 Å². The van der Waals surface area contributed by atoms with Gasteiger partial charge in [-0.1, -0.05) is 11.6 Å². The van der Waals surface area contributed by atoms with Gasteiger partial charge in [0.1, 0.15) is 5.02 Å². The van der Waals surface area contributed by atoms with Gasteiger partial charge in [0.05, 0.1) is 9.82 Å². The summed E-state index contributed by atoms with van der Waals surface area (Å²) in [7, 11) is -3.74. The summed E-state index contributed by atoms with van der Waals surface area (Å²) in [5.41, 5.74) is -0.411. The second-order valence-electron chi connectivity index (χ2n) is 4.45. The fourth-order valence-electron chi connectivity index (χ4n) is 1.85. The predicted molar refractivity (Wildman–Crippen MR) is 78.7 cm³/mol. The fourth-order valence-corrected chi connectivity index (χ4v) is 4.46. The minimum absolute atomic E-state index is 0.0823. The summed E-state index contributed by atoms with van der Waals surface area (Å²) in [5, 5.41) is 10.7. The molecule has 1 unspecified atom stereocenters. The zero-order chi connectivity index (χ0) is 14.8. The first-order valence-corrected chi connectivity index (χ1v) is 8.93. The Balaban J connectivity index is 2.16. The van der Waals surface area contributed by atoms with Gasteiger partial charge in [-0.25, -0.2) is 13.1 Å². The topological polar surface area (TPSA) is 89.3 Å². The molecule has 1 aromatic rings. The second-order valence-corrected chi connectivity index (χ2v) is 7.78. The molecule has 110 valence electrons. The Morgan fingerprint density at radius 2 is 2.25 bits per heavy atom. The number of nitro benzene ring substituents is 1. The molecule has 0 radical (unpaired) electrons. The van der Waals surface area contributed by atoms with Crippen LogP contribution < -0.4 is 4.72 Å². The number of nitrogens with zero attached hydrogens (tertiary/aromatic N) is 1. The van der Waals surface area contributed by atoms with E-state index in [4.69, 9.17) is 11.6 Å². The number of nitro groups is 1. The summed E-state index contributed by atoms with van der Waals surface area (Å²) < 4.78 is 26.7. The minimum Gasteiger partial charge on any atom is -0.258 e. The van der Waals surface area contributed by atoms with E-state index in [1.54, 1.807) is 11.8 Å². The number of rotatable bonds is 5. The molecular formula is C11H13ClN2O4S2. The van der Waals surface area contributed by atoms with E-state index in [1.807, 2.05) is 0 Å². The largest absolute Gasteiger partial charge is 0.289 e. The van der Waals surface area contributed by atoms with Gasteiger partial charge in [-0.05, 0) is 36.0 Å². The Kier molecular flexibility index (Phi) is 4.90. The van der Waals surface area contributed by atoms with Crippen molar-refractivity contribution in [3.8, 4) is 0 Å². The molecular weight excluding hydrogens is 324 g/mol. The highest BCUT2D eigenvalue weighted by Crippen LogP contribution is 2.27. The van der Waals surface area contributed by atoms with Gasteiger partial charge in [0.2, 0.25) is 10.0 Å². The molecule has 1 fully saturated rings. The first-order valence-electron chi connectivity index (χ1n) is 5.91. The van der Waals surface area contributed by atoms with Crippen molar-refractivity contribution in [1.29, 1.82) is 0 Å². The maximum atomic E-state index is 12.1. The predicted octanol–water partition coefficient (Wildman–Crippen LogP) is 2.28. The van der Waals surface area contributed by atoms with E-state index in [0.29, 0.717) is 12.5 Å². The van der Waals surface area contributed by atoms with Gasteiger partial charge < -0.3 is 0 Å². The standard InChI is InChI=1S/C11H13ClN2O4S2/c12-10-2-1-9(5-11(10)14(15)16)20(17,18)13-6-8-3-4-19-7-8/h1-2,5,8,13H,3-4,6-7H2. The lowest BCUT2D eigenvalue weighted by Crippen LogP contribution is -2.29. The van der Waals surface area contributed by atoms with Gasteiger partial charge in [-0.2, -0.15) is 11.8 Å². The molecule has 0 spiro atoms. The average Bonchev–Trinajstić information content (AvgIpc) is 2.89. The molecule has 20 heavy (non-hydrogen) atoms. The number of sulfonamides is 1. The molecule has 1 aromatic carbocycles. The van der Waals surface area contributed by atoms with E-state index < -0.39 is 20.6 Å². The third kappa shape index (κ3) is 3.63. The molecule has 6 nitrogen and oxygen atoms in total. The lowest BCUT2D eigenvalue weighted by Gasteiger charge is -2.10. The number of nitrogens with one attached hydrogen (secondary N) is 1. The summed E-state index contributed by atoms with van der Waals surface area (Å²) in [6.07, 6.45) is 0.980. The summed E-state index contributed by atoms with van der Waals surface area (Å²) in [4.78, 5) is 9.93. The molecule has 0 aromatic heterocycles. The maximum absolute atomic E-state index is 12.1. The highest BCUT2D eigenvalue weighted by atomic mass is 35.5. The van der Waals surface area contributed by atoms with Gasteiger partial charge in [0, 0.05) is 12.6 Å². The molecule has 0 bridgehead atoms. The number of hydrogen-bond donors (Lipinski definition) is 1. The van der Waals surface area contributed by atoms with Crippen molar-refractivity contribution in [3.05, 3.63) is 33.3 Å². The van der Waals surface area contributed by atoms with Crippen molar-refractivity contribution in [1.82, 2.24) is 4.72 Å². The number of hydrogen-bond acceptors (Lipinski definition) is 5. The fraction of sp³-hybridized carbons (Fsp3) is 0.455. The molecule has 0 saturated carbocycles. The van der Waals surface area contributed by atoms with E-state index >= 15 is 0 Å². The van der Waals surface area contributed by atoms with Crippen LogP contribution in [0.2, 0.25) is 5.02 Å². The Morgan fingerprint density at radius 3 is 2.85 bits per heavy atom. The number of benzene rings is 1. The van der Waals surface area contributed by atoms with E-state index in [2.05, 4.69) is 4.72 Å². The molecule has 9 heteroatoms. The maximum Gasteiger partial charge on any atom is 0.289 e. The van der Waals surface area contributed by atoms with Crippen molar-refractivity contribution < 1.29 is 13.3 Å². The van der Waals surface area contributed by atoms with Crippen LogP contribution in [0.25, 0.3) is 0 Å². The first-order chi connectivity index (χ1) is 9.40. The van der Waals surface area contributed by atoms with E-state index in [9.17, 15) is 18.5 Å². The first kappa shape index (κ1) is 15.6. The van der Waals surface area contributed by atoms with E-state index in [-0.39, 0.29) is 9.92 Å². The van der Waals surface area contributed by atoms with Crippen LogP contribution in [0.4, 0.5) is 5.69 Å². The van der Waals surface area contributed by atoms with Crippen LogP contribution in [0.15, 0.2) is 23.1 Å². The van der Waals surface area contributed by atoms with Gasteiger partial charge in [-0.3, -0.25) is 10.1 Å². The number of thioether (sulfide) groups is 1. The summed E-state index contributed by atoms with van der Waals surface area (Å²) >= 11 is 7.46. The van der Waals surface area contributed by atoms with Gasteiger partial charge in [0.25, 0.3) is 5.69 Å². The molecule has 0 amide bonds. The molecule has 1 aliphatic heterocycles. The lowest BCUT2D eigenvalue weighted by molar-refractivity contribution is -0.384. The monoisotopic (exact) mass is 336 g/mol. The van der Waals surface area contributed by atoms with Crippen LogP contribution in [-0.4, -0.2) is 31.4 Å². The van der Waals surface area contributed by atoms with E-state index in [1.165, 1.54) is 12.1 Å². The highest BCUT2D eigenvalue weighted by Gasteiger charge is 2.23. The summed E-state index contributed by atoms with van der Waals surface area (Å²) in [6.45, 7) is 0.353. The SMILES string of the molecule is O=[N+]([O-])c1cc(S(=O)(=O)NCC2CCSC2)ccc1Cl. The minimum atomic E-state index is -3.74. The Morgan fingerprint density at radius 1 is 1.50 bits per heavy atom. The second kappa shape index (κ2) is 6.30. The Bertz CT molecular complexity index is 615. The van der Waals surface area contributed by atoms with Gasteiger partial charge >= 0.3 is 0 Å². The summed E-state index contributed by atoms with van der Waals surface area (Å²) in [6, 6.07) is 3.47. The lowest BCUT2D eigenvalue weighted by atomic mass is 10.1. The Hall–Kier alpha value is -0.830. The molecule has 1 aliphatic rings. The zero-order valence-electron chi connectivity index (χ0n) is 10.4. The van der Waals surface area contributed by atoms with Crippen LogP contribution in [-0.2, 0) is 10.0 Å². The van der Waals surface area contributed by atoms with Gasteiger partial charge in [0.15, 0.2) is 0 Å². The van der Waals surface area contributed by atoms with Crippen LogP contribution >= 0.6 is 23.4 Å². The quantitative estimate of drug-likeness (QED) is 0.658. The highest BCUT2D eigenvalue weighted by molar-refractivity contribution is 7.99. The molecule has 2 rings (SSSR count). The van der Waals surface area contributed by atoms with E-state index in [0.717, 1.165) is 24.0 Å². The normalized spacial score (nSPS) is 19.1. The molecule has 0 aliphatic carbocycles. The smallest absolute Gasteiger partial charge is 0.258 e. The number of halogens is 1. The molecule has 1 N–H and O–H groups in total. The van der Waals surface area contributed by atoms with Crippen LogP contribution in [0.5, 0.6) is 0 Å². The molecule has 1 saturated heterocycles. The van der Waals surface area contributed by atoms with Crippen LogP contribution in [0, 0.1) is 16.0 Å². The molecule has 1 heterocycles. The molecule has 1 atom stereocenters. The third-order valence-corrected chi connectivity index (χ3v) is 5.98. The van der Waals surface area contributed by atoms with Crippen molar-refractivity contribution in [2.24, 2.45) is 5.92 Å². The van der Waals surface area contributed by atoms with Crippen molar-refractivity contribution in [3.63, 3.8) is 0 Å². The average molecular weight is 337 g/mol.